The fourth-order valence-electron chi connectivity index (χ4n) is 3.77. The number of anilines is 1. The summed E-state index contributed by atoms with van der Waals surface area (Å²) < 4.78 is 61.2. The van der Waals surface area contributed by atoms with Gasteiger partial charge in [0.2, 0.25) is 0 Å². The molecule has 0 radical (unpaired) electrons. The quantitative estimate of drug-likeness (QED) is 0.355. The van der Waals surface area contributed by atoms with Crippen LogP contribution in [-0.4, -0.2) is 63.6 Å². The molecule has 31 heavy (non-hydrogen) atoms. The first-order valence-electron chi connectivity index (χ1n) is 10.8. The highest BCUT2D eigenvalue weighted by molar-refractivity contribution is 7.90. The first-order chi connectivity index (χ1) is 14.7. The first kappa shape index (κ1) is 25.7. The average molecular weight is 460 g/mol. The molecule has 1 aliphatic rings. The van der Waals surface area contributed by atoms with Gasteiger partial charge in [0.05, 0.1) is 11.8 Å². The number of nitrogens with zero attached hydrogens (tertiary/aromatic N) is 2. The number of unbranched alkanes of at least 4 members (excludes halogenated alkanes) is 2. The van der Waals surface area contributed by atoms with E-state index in [4.69, 9.17) is 4.74 Å². The number of hydrogen-bond acceptors (Lipinski definition) is 4. The molecule has 2 rings (SSSR count). The van der Waals surface area contributed by atoms with Crippen LogP contribution in [-0.2, 0) is 14.9 Å². The Bertz CT molecular complexity index is 799. The Balaban J connectivity index is 1.69. The van der Waals surface area contributed by atoms with Crippen LogP contribution >= 0.6 is 0 Å². The maximum absolute atomic E-state index is 13.3. The van der Waals surface area contributed by atoms with Gasteiger partial charge in [-0.05, 0) is 70.7 Å². The van der Waals surface area contributed by atoms with Gasteiger partial charge in [0.25, 0.3) is 0 Å². The molecule has 6 nitrogen and oxygen atoms in total. The van der Waals surface area contributed by atoms with Crippen LogP contribution in [0.4, 0.5) is 14.5 Å². The molecule has 0 spiro atoms. The number of rotatable bonds is 13. The van der Waals surface area contributed by atoms with Crippen LogP contribution in [0.15, 0.2) is 30.9 Å². The van der Waals surface area contributed by atoms with Crippen molar-refractivity contribution in [2.75, 3.05) is 38.5 Å². The Morgan fingerprint density at radius 2 is 1.84 bits per heavy atom. The summed E-state index contributed by atoms with van der Waals surface area (Å²) in [5, 5.41) is 0. The Morgan fingerprint density at radius 1 is 1.13 bits per heavy atom. The van der Waals surface area contributed by atoms with Crippen LogP contribution in [0.3, 0.4) is 0 Å². The molecule has 0 aliphatic heterocycles. The summed E-state index contributed by atoms with van der Waals surface area (Å²) in [5.74, 6) is -2.11. The summed E-state index contributed by atoms with van der Waals surface area (Å²) >= 11 is 0. The fraction of sp³-hybridized carbons (Fsp3) is 0.636. The van der Waals surface area contributed by atoms with E-state index in [2.05, 4.69) is 23.2 Å². The van der Waals surface area contributed by atoms with Gasteiger partial charge in [-0.3, -0.25) is 4.72 Å². The highest BCUT2D eigenvalue weighted by Crippen LogP contribution is 2.27. The van der Waals surface area contributed by atoms with E-state index in [1.807, 2.05) is 6.08 Å². The van der Waals surface area contributed by atoms with Crippen LogP contribution in [0.2, 0.25) is 0 Å². The van der Waals surface area contributed by atoms with Crippen molar-refractivity contribution < 1.29 is 21.9 Å². The van der Waals surface area contributed by atoms with E-state index in [-0.39, 0.29) is 17.8 Å². The minimum atomic E-state index is -3.86. The molecule has 176 valence electrons. The molecular formula is C22H35F2N3O3S. The normalized spacial score (nSPS) is 19.7. The third kappa shape index (κ3) is 8.48. The average Bonchev–Trinajstić information content (AvgIpc) is 2.73. The summed E-state index contributed by atoms with van der Waals surface area (Å²) in [7, 11) is -0.259. The third-order valence-electron chi connectivity index (χ3n) is 5.68. The second kappa shape index (κ2) is 12.5. The number of halogens is 2. The molecule has 1 saturated carbocycles. The van der Waals surface area contributed by atoms with Gasteiger partial charge in [-0.15, -0.1) is 6.58 Å². The lowest BCUT2D eigenvalue weighted by molar-refractivity contribution is 0.0156. The highest BCUT2D eigenvalue weighted by atomic mass is 32.2. The van der Waals surface area contributed by atoms with Crippen LogP contribution in [0.25, 0.3) is 0 Å². The molecule has 0 bridgehead atoms. The maximum atomic E-state index is 13.3. The van der Waals surface area contributed by atoms with Gasteiger partial charge in [0.15, 0.2) is 11.6 Å². The Labute approximate surface area is 185 Å². The molecule has 0 unspecified atom stereocenters. The molecule has 0 heterocycles. The Hall–Kier alpha value is -1.55. The Kier molecular flexibility index (Phi) is 10.3. The second-order valence-electron chi connectivity index (χ2n) is 8.17. The van der Waals surface area contributed by atoms with Gasteiger partial charge in [-0.1, -0.05) is 6.08 Å². The van der Waals surface area contributed by atoms with Gasteiger partial charge in [-0.2, -0.15) is 12.7 Å². The molecular weight excluding hydrogens is 424 g/mol. The predicted octanol–water partition coefficient (Wildman–Crippen LogP) is 4.17. The van der Waals surface area contributed by atoms with Crippen molar-refractivity contribution in [3.63, 3.8) is 0 Å². The smallest absolute Gasteiger partial charge is 0.301 e. The molecule has 1 aromatic carbocycles. The van der Waals surface area contributed by atoms with E-state index < -0.39 is 21.8 Å². The van der Waals surface area contributed by atoms with Crippen LogP contribution in [0, 0.1) is 11.6 Å². The minimum absolute atomic E-state index is 0.00143. The number of hydrogen-bond donors (Lipinski definition) is 1. The molecule has 0 amide bonds. The molecule has 1 aliphatic carbocycles. The van der Waals surface area contributed by atoms with Crippen LogP contribution in [0.5, 0.6) is 0 Å². The highest BCUT2D eigenvalue weighted by Gasteiger charge is 2.30. The molecule has 0 aromatic heterocycles. The molecule has 9 heteroatoms. The molecule has 0 saturated heterocycles. The van der Waals surface area contributed by atoms with Gasteiger partial charge in [0, 0.05) is 32.3 Å². The topological polar surface area (TPSA) is 61.9 Å². The van der Waals surface area contributed by atoms with E-state index in [1.165, 1.54) is 17.4 Å². The van der Waals surface area contributed by atoms with Crippen molar-refractivity contribution in [2.24, 2.45) is 0 Å². The lowest BCUT2D eigenvalue weighted by Gasteiger charge is -2.34. The first-order valence-corrected chi connectivity index (χ1v) is 12.3. The van der Waals surface area contributed by atoms with E-state index in [0.717, 1.165) is 63.9 Å². The van der Waals surface area contributed by atoms with E-state index in [1.54, 1.807) is 0 Å². The lowest BCUT2D eigenvalue weighted by Crippen LogP contribution is -2.43. The summed E-state index contributed by atoms with van der Waals surface area (Å²) in [6.45, 7) is 6.42. The minimum Gasteiger partial charge on any atom is -0.378 e. The zero-order chi connectivity index (χ0) is 22.9. The van der Waals surface area contributed by atoms with Gasteiger partial charge in [-0.25, -0.2) is 8.78 Å². The molecule has 1 aromatic rings. The summed E-state index contributed by atoms with van der Waals surface area (Å²) in [6, 6.07) is 2.78. The van der Waals surface area contributed by atoms with Crippen molar-refractivity contribution in [3.05, 3.63) is 42.5 Å². The lowest BCUT2D eigenvalue weighted by atomic mass is 9.93. The predicted molar refractivity (Wildman–Crippen MR) is 120 cm³/mol. The number of likely N-dealkylation sites (N-methyl/N-ethyl adjacent to an activating group) is 1. The van der Waals surface area contributed by atoms with Crippen molar-refractivity contribution in [1.82, 2.24) is 9.21 Å². The van der Waals surface area contributed by atoms with Gasteiger partial charge < -0.3 is 9.64 Å². The number of benzene rings is 1. The fourth-order valence-corrected chi connectivity index (χ4v) is 4.95. The van der Waals surface area contributed by atoms with Gasteiger partial charge >= 0.3 is 10.2 Å². The van der Waals surface area contributed by atoms with Crippen molar-refractivity contribution in [3.8, 4) is 0 Å². The van der Waals surface area contributed by atoms with Crippen molar-refractivity contribution >= 4 is 15.9 Å². The van der Waals surface area contributed by atoms with Crippen molar-refractivity contribution in [1.29, 1.82) is 0 Å². The third-order valence-corrected chi connectivity index (χ3v) is 7.23. The SMILES string of the molecule is C=CCN(C)CCCCCOC1CCC(N(C)S(=O)(=O)Nc2ccc(F)c(F)c2)CC1. The molecule has 1 fully saturated rings. The molecule has 0 atom stereocenters. The Morgan fingerprint density at radius 3 is 2.48 bits per heavy atom. The van der Waals surface area contributed by atoms with E-state index >= 15 is 0 Å². The standard InChI is InChI=1S/C22H35F2N3O3S/c1-4-14-26(2)15-6-5-7-16-30-20-11-9-19(10-12-20)27(3)31(28,29)25-18-8-13-21(23)22(24)17-18/h4,8,13,17,19-20,25H,1,5-7,9-12,14-16H2,2-3H3. The van der Waals surface area contributed by atoms with Crippen molar-refractivity contribution in [2.45, 2.75) is 57.1 Å². The number of ether oxygens (including phenoxy) is 1. The zero-order valence-electron chi connectivity index (χ0n) is 18.5. The summed E-state index contributed by atoms with van der Waals surface area (Å²) in [6.07, 6.45) is 8.35. The monoisotopic (exact) mass is 459 g/mol. The van der Waals surface area contributed by atoms with E-state index in [0.29, 0.717) is 12.8 Å². The van der Waals surface area contributed by atoms with Crippen LogP contribution < -0.4 is 4.72 Å². The maximum Gasteiger partial charge on any atom is 0.301 e. The van der Waals surface area contributed by atoms with Gasteiger partial charge in [0.1, 0.15) is 0 Å². The molecule has 1 N–H and O–H groups in total. The number of nitrogens with one attached hydrogen (secondary N) is 1. The van der Waals surface area contributed by atoms with Crippen LogP contribution in [0.1, 0.15) is 44.9 Å². The largest absolute Gasteiger partial charge is 0.378 e. The summed E-state index contributed by atoms with van der Waals surface area (Å²) in [5.41, 5.74) is -0.00143. The van der Waals surface area contributed by atoms with E-state index in [9.17, 15) is 17.2 Å². The zero-order valence-corrected chi connectivity index (χ0v) is 19.3. The second-order valence-corrected chi connectivity index (χ2v) is 9.90. The summed E-state index contributed by atoms with van der Waals surface area (Å²) in [4.78, 5) is 2.24.